The topological polar surface area (TPSA) is 25.8 Å². The van der Waals surface area contributed by atoms with Gasteiger partial charge in [-0.05, 0) is 17.2 Å². The van der Waals surface area contributed by atoms with E-state index in [1.54, 1.807) is 12.3 Å². The second-order valence-corrected chi connectivity index (χ2v) is 4.55. The van der Waals surface area contributed by atoms with Gasteiger partial charge < -0.3 is 0 Å². The first-order valence-electron chi connectivity index (χ1n) is 5.98. The van der Waals surface area contributed by atoms with Crippen LogP contribution in [0.5, 0.6) is 0 Å². The van der Waals surface area contributed by atoms with E-state index < -0.39 is 0 Å². The summed E-state index contributed by atoms with van der Waals surface area (Å²) in [5.41, 5.74) is 3.95. The van der Waals surface area contributed by atoms with Gasteiger partial charge in [0.05, 0.1) is 11.2 Å². The Morgan fingerprint density at radius 2 is 1.42 bits per heavy atom. The molecule has 0 amide bonds. The molecule has 0 aliphatic carbocycles. The molecule has 0 N–H and O–H groups in total. The lowest BCUT2D eigenvalue weighted by Crippen LogP contribution is -1.90. The predicted octanol–water partition coefficient (Wildman–Crippen LogP) is 4.46. The number of halogens is 1. The summed E-state index contributed by atoms with van der Waals surface area (Å²) in [4.78, 5) is 0. The molecule has 3 aromatic rings. The third-order valence-corrected chi connectivity index (χ3v) is 3.24. The molecule has 0 aliphatic rings. The largest absolute Gasteiger partial charge is 0.158 e. The molecule has 0 spiro atoms. The lowest BCUT2D eigenvalue weighted by molar-refractivity contribution is 1.04. The zero-order valence-electron chi connectivity index (χ0n) is 10.1. The molecule has 0 fully saturated rings. The number of aromatic nitrogens is 2. The quantitative estimate of drug-likeness (QED) is 0.684. The van der Waals surface area contributed by atoms with Gasteiger partial charge in [0.15, 0.2) is 0 Å². The summed E-state index contributed by atoms with van der Waals surface area (Å²) in [6.45, 7) is 0. The standard InChI is InChI=1S/C16H11ClN2/c17-15-10-11-18-19-16(15)14-9-5-4-8-13(14)12-6-2-1-3-7-12/h1-11H. The minimum atomic E-state index is 0.610. The number of nitrogens with zero attached hydrogens (tertiary/aromatic N) is 2. The minimum Gasteiger partial charge on any atom is -0.158 e. The molecule has 2 aromatic carbocycles. The third-order valence-electron chi connectivity index (χ3n) is 2.94. The highest BCUT2D eigenvalue weighted by molar-refractivity contribution is 6.33. The van der Waals surface area contributed by atoms with Crippen LogP contribution < -0.4 is 0 Å². The molecule has 1 heterocycles. The second-order valence-electron chi connectivity index (χ2n) is 4.14. The van der Waals surface area contributed by atoms with Gasteiger partial charge in [0.1, 0.15) is 5.69 Å². The molecule has 1 aromatic heterocycles. The van der Waals surface area contributed by atoms with Crippen LogP contribution in [0.3, 0.4) is 0 Å². The highest BCUT2D eigenvalue weighted by Crippen LogP contribution is 2.33. The van der Waals surface area contributed by atoms with Crippen LogP contribution in [0.2, 0.25) is 5.02 Å². The van der Waals surface area contributed by atoms with Crippen molar-refractivity contribution in [3.05, 3.63) is 71.9 Å². The fraction of sp³-hybridized carbons (Fsp3) is 0. The van der Waals surface area contributed by atoms with Crippen molar-refractivity contribution in [1.29, 1.82) is 0 Å². The molecule has 92 valence electrons. The Morgan fingerprint density at radius 1 is 0.737 bits per heavy atom. The van der Waals surface area contributed by atoms with Crippen molar-refractivity contribution in [1.82, 2.24) is 10.2 Å². The fourth-order valence-electron chi connectivity index (χ4n) is 2.06. The Bertz CT molecular complexity index is 696. The average Bonchev–Trinajstić information content (AvgIpc) is 2.49. The van der Waals surface area contributed by atoms with E-state index >= 15 is 0 Å². The molecule has 0 aliphatic heterocycles. The van der Waals surface area contributed by atoms with Gasteiger partial charge in [-0.15, -0.1) is 5.10 Å². The molecule has 3 heteroatoms. The van der Waals surface area contributed by atoms with Crippen LogP contribution in [0.15, 0.2) is 66.9 Å². The summed E-state index contributed by atoms with van der Waals surface area (Å²) in [5.74, 6) is 0. The maximum atomic E-state index is 6.22. The van der Waals surface area contributed by atoms with E-state index in [1.165, 1.54) is 0 Å². The number of benzene rings is 2. The van der Waals surface area contributed by atoms with Crippen LogP contribution in [0, 0.1) is 0 Å². The van der Waals surface area contributed by atoms with Crippen molar-refractivity contribution in [3.63, 3.8) is 0 Å². The van der Waals surface area contributed by atoms with Crippen LogP contribution in [0.1, 0.15) is 0 Å². The van der Waals surface area contributed by atoms with E-state index in [-0.39, 0.29) is 0 Å². The first-order valence-corrected chi connectivity index (χ1v) is 6.36. The summed E-state index contributed by atoms with van der Waals surface area (Å²) < 4.78 is 0. The van der Waals surface area contributed by atoms with Gasteiger partial charge >= 0.3 is 0 Å². The molecular formula is C16H11ClN2. The van der Waals surface area contributed by atoms with Crippen molar-refractivity contribution >= 4 is 11.6 Å². The molecule has 0 atom stereocenters. The molecule has 2 nitrogen and oxygen atoms in total. The van der Waals surface area contributed by atoms with Crippen molar-refractivity contribution in [3.8, 4) is 22.4 Å². The van der Waals surface area contributed by atoms with Gasteiger partial charge in [0.2, 0.25) is 0 Å². The summed E-state index contributed by atoms with van der Waals surface area (Å²) in [5, 5.41) is 8.68. The van der Waals surface area contributed by atoms with E-state index in [4.69, 9.17) is 11.6 Å². The molecular weight excluding hydrogens is 256 g/mol. The van der Waals surface area contributed by atoms with Gasteiger partial charge in [-0.25, -0.2) is 0 Å². The molecule has 0 saturated carbocycles. The van der Waals surface area contributed by atoms with Gasteiger partial charge in [-0.2, -0.15) is 5.10 Å². The maximum Gasteiger partial charge on any atom is 0.112 e. The van der Waals surface area contributed by atoms with Crippen molar-refractivity contribution in [2.24, 2.45) is 0 Å². The number of rotatable bonds is 2. The van der Waals surface area contributed by atoms with Crippen molar-refractivity contribution < 1.29 is 0 Å². The van der Waals surface area contributed by atoms with E-state index in [0.717, 1.165) is 16.7 Å². The molecule has 3 rings (SSSR count). The van der Waals surface area contributed by atoms with E-state index in [0.29, 0.717) is 10.7 Å². The van der Waals surface area contributed by atoms with Crippen molar-refractivity contribution in [2.75, 3.05) is 0 Å². The van der Waals surface area contributed by atoms with Gasteiger partial charge in [0, 0.05) is 5.56 Å². The summed E-state index contributed by atoms with van der Waals surface area (Å²) in [6.07, 6.45) is 1.59. The van der Waals surface area contributed by atoms with Gasteiger partial charge in [0.25, 0.3) is 0 Å². The van der Waals surface area contributed by atoms with E-state index in [2.05, 4.69) is 28.4 Å². The smallest absolute Gasteiger partial charge is 0.112 e. The van der Waals surface area contributed by atoms with Crippen LogP contribution >= 0.6 is 11.6 Å². The average molecular weight is 267 g/mol. The van der Waals surface area contributed by atoms with Crippen LogP contribution in [-0.4, -0.2) is 10.2 Å². The molecule has 19 heavy (non-hydrogen) atoms. The third kappa shape index (κ3) is 2.35. The van der Waals surface area contributed by atoms with Crippen LogP contribution in [-0.2, 0) is 0 Å². The normalized spacial score (nSPS) is 10.4. The zero-order valence-corrected chi connectivity index (χ0v) is 10.9. The monoisotopic (exact) mass is 266 g/mol. The van der Waals surface area contributed by atoms with E-state index in [1.807, 2.05) is 36.4 Å². The molecule has 0 bridgehead atoms. The summed E-state index contributed by atoms with van der Waals surface area (Å²) >= 11 is 6.22. The Kier molecular flexibility index (Phi) is 3.25. The first-order chi connectivity index (χ1) is 9.36. The van der Waals surface area contributed by atoms with Crippen LogP contribution in [0.25, 0.3) is 22.4 Å². The number of hydrogen-bond acceptors (Lipinski definition) is 2. The second kappa shape index (κ2) is 5.21. The number of hydrogen-bond donors (Lipinski definition) is 0. The van der Waals surface area contributed by atoms with Gasteiger partial charge in [-0.1, -0.05) is 66.2 Å². The highest BCUT2D eigenvalue weighted by Gasteiger charge is 2.11. The summed E-state index contributed by atoms with van der Waals surface area (Å²) in [7, 11) is 0. The van der Waals surface area contributed by atoms with Crippen LogP contribution in [0.4, 0.5) is 0 Å². The molecule has 0 unspecified atom stereocenters. The molecule has 0 radical (unpaired) electrons. The van der Waals surface area contributed by atoms with E-state index in [9.17, 15) is 0 Å². The SMILES string of the molecule is Clc1ccnnc1-c1ccccc1-c1ccccc1. The zero-order chi connectivity index (χ0) is 13.1. The van der Waals surface area contributed by atoms with Gasteiger partial charge in [-0.3, -0.25) is 0 Å². The minimum absolute atomic E-state index is 0.610. The fourth-order valence-corrected chi connectivity index (χ4v) is 2.25. The predicted molar refractivity (Wildman–Crippen MR) is 77.9 cm³/mol. The Labute approximate surface area is 116 Å². The first kappa shape index (κ1) is 11.9. The lowest BCUT2D eigenvalue weighted by Gasteiger charge is -2.09. The molecule has 0 saturated heterocycles. The lowest BCUT2D eigenvalue weighted by atomic mass is 9.97. The Balaban J connectivity index is 2.21. The Hall–Kier alpha value is -2.19. The van der Waals surface area contributed by atoms with Crippen molar-refractivity contribution in [2.45, 2.75) is 0 Å². The highest BCUT2D eigenvalue weighted by atomic mass is 35.5. The summed E-state index contributed by atoms with van der Waals surface area (Å²) in [6, 6.07) is 20.0. The maximum absolute atomic E-state index is 6.22. The Morgan fingerprint density at radius 3 is 2.16 bits per heavy atom.